The van der Waals surface area contributed by atoms with Crippen LogP contribution >= 0.6 is 23.2 Å². The molecule has 3 rings (SSSR count). The summed E-state index contributed by atoms with van der Waals surface area (Å²) < 4.78 is 26.5. The van der Waals surface area contributed by atoms with Crippen molar-refractivity contribution in [1.29, 1.82) is 0 Å². The van der Waals surface area contributed by atoms with Crippen LogP contribution in [0.3, 0.4) is 0 Å². The fraction of sp³-hybridized carbons (Fsp3) is 0.273. The number of halogens is 2. The molecule has 0 radical (unpaired) electrons. The largest absolute Gasteiger partial charge is 0.368 e. The van der Waals surface area contributed by atoms with Crippen molar-refractivity contribution in [3.63, 3.8) is 0 Å². The Hall–Kier alpha value is -2.39. The molecule has 0 saturated carbocycles. The van der Waals surface area contributed by atoms with Gasteiger partial charge in [-0.3, -0.25) is 9.79 Å². The minimum absolute atomic E-state index is 0.0185. The summed E-state index contributed by atoms with van der Waals surface area (Å²) in [6.07, 6.45) is 2.87. The van der Waals surface area contributed by atoms with Crippen LogP contribution in [0.5, 0.6) is 0 Å². The summed E-state index contributed by atoms with van der Waals surface area (Å²) in [5.74, 6) is 0.661. The number of sulfonamides is 1. The van der Waals surface area contributed by atoms with Gasteiger partial charge in [0.1, 0.15) is 10.7 Å². The first-order valence-corrected chi connectivity index (χ1v) is 12.1. The van der Waals surface area contributed by atoms with Gasteiger partial charge in [0.15, 0.2) is 0 Å². The Morgan fingerprint density at radius 3 is 2.50 bits per heavy atom. The summed E-state index contributed by atoms with van der Waals surface area (Å²) in [5.41, 5.74) is 2.00. The smallest absolute Gasteiger partial charge is 0.246 e. The number of rotatable bonds is 8. The highest BCUT2D eigenvalue weighted by Gasteiger charge is 2.23. The molecule has 1 aliphatic rings. The minimum Gasteiger partial charge on any atom is -0.368 e. The van der Waals surface area contributed by atoms with Gasteiger partial charge < -0.3 is 10.2 Å². The number of carbonyl (C=O) groups is 1. The van der Waals surface area contributed by atoms with Gasteiger partial charge >= 0.3 is 0 Å². The monoisotopic (exact) mass is 494 g/mol. The highest BCUT2D eigenvalue weighted by Crippen LogP contribution is 2.27. The second kappa shape index (κ2) is 10.5. The number of carbonyl (C=O) groups excluding carboxylic acids is 1. The van der Waals surface area contributed by atoms with Crippen molar-refractivity contribution in [2.24, 2.45) is 4.99 Å². The van der Waals surface area contributed by atoms with Gasteiger partial charge in [-0.05, 0) is 23.8 Å². The first-order valence-electron chi connectivity index (χ1n) is 9.89. The molecule has 1 heterocycles. The summed E-state index contributed by atoms with van der Waals surface area (Å²) in [5, 5.41) is 3.62. The van der Waals surface area contributed by atoms with Gasteiger partial charge in [0, 0.05) is 50.4 Å². The molecule has 32 heavy (non-hydrogen) atoms. The fourth-order valence-corrected chi connectivity index (χ4v) is 4.96. The van der Waals surface area contributed by atoms with Gasteiger partial charge in [-0.15, -0.1) is 0 Å². The number of benzene rings is 2. The molecule has 0 aromatic heterocycles. The van der Waals surface area contributed by atoms with Crippen LogP contribution < -0.4 is 5.32 Å². The molecule has 7 nitrogen and oxygen atoms in total. The first-order chi connectivity index (χ1) is 15.2. The second-order valence-corrected chi connectivity index (χ2v) is 10.2. The molecule has 0 aliphatic carbocycles. The topological polar surface area (TPSA) is 82.1 Å². The van der Waals surface area contributed by atoms with E-state index in [-0.39, 0.29) is 22.4 Å². The number of nitrogens with zero attached hydrogens (tertiary/aromatic N) is 3. The van der Waals surface area contributed by atoms with Crippen molar-refractivity contribution in [1.82, 2.24) is 14.5 Å². The van der Waals surface area contributed by atoms with E-state index >= 15 is 0 Å². The normalized spacial score (nSPS) is 14.0. The van der Waals surface area contributed by atoms with Crippen molar-refractivity contribution in [3.8, 4) is 0 Å². The minimum atomic E-state index is -3.81. The Labute approximate surface area is 198 Å². The fourth-order valence-electron chi connectivity index (χ4n) is 3.09. The lowest BCUT2D eigenvalue weighted by atomic mass is 10.1. The predicted molar refractivity (Wildman–Crippen MR) is 128 cm³/mol. The van der Waals surface area contributed by atoms with Crippen LogP contribution in [0.4, 0.5) is 0 Å². The van der Waals surface area contributed by atoms with E-state index in [2.05, 4.69) is 10.3 Å². The zero-order valence-electron chi connectivity index (χ0n) is 17.8. The average Bonchev–Trinajstić information content (AvgIpc) is 3.28. The lowest BCUT2D eigenvalue weighted by Gasteiger charge is -2.17. The number of hydrogen-bond donors (Lipinski definition) is 1. The molecule has 0 atom stereocenters. The van der Waals surface area contributed by atoms with Crippen LogP contribution in [0, 0.1) is 0 Å². The molecule has 0 spiro atoms. The Morgan fingerprint density at radius 1 is 1.16 bits per heavy atom. The molecule has 1 aliphatic heterocycles. The van der Waals surface area contributed by atoms with Crippen LogP contribution in [0.25, 0.3) is 0 Å². The van der Waals surface area contributed by atoms with Crippen LogP contribution in [0.15, 0.2) is 64.5 Å². The van der Waals surface area contributed by atoms with Crippen LogP contribution in [0.2, 0.25) is 10.0 Å². The zero-order valence-corrected chi connectivity index (χ0v) is 20.1. The van der Waals surface area contributed by atoms with E-state index in [0.29, 0.717) is 11.6 Å². The van der Waals surface area contributed by atoms with Gasteiger partial charge in [0.05, 0.1) is 11.6 Å². The second-order valence-electron chi connectivity index (χ2n) is 7.31. The summed E-state index contributed by atoms with van der Waals surface area (Å²) in [4.78, 5) is 18.3. The van der Waals surface area contributed by atoms with Gasteiger partial charge in [0.2, 0.25) is 15.9 Å². The molecule has 2 aromatic carbocycles. The van der Waals surface area contributed by atoms with E-state index in [4.69, 9.17) is 23.2 Å². The molecular formula is C22H24Cl2N4O3S. The average molecular weight is 495 g/mol. The molecule has 2 aromatic rings. The lowest BCUT2D eigenvalue weighted by molar-refractivity contribution is -0.125. The molecule has 1 N–H and O–H groups in total. The van der Waals surface area contributed by atoms with Crippen LogP contribution in [-0.2, 0) is 21.4 Å². The van der Waals surface area contributed by atoms with Crippen LogP contribution in [-0.4, -0.2) is 63.1 Å². The molecular weight excluding hydrogens is 471 g/mol. The van der Waals surface area contributed by atoms with Gasteiger partial charge in [-0.2, -0.15) is 4.31 Å². The quantitative estimate of drug-likeness (QED) is 0.571. The number of hydrogen-bond acceptors (Lipinski definition) is 5. The highest BCUT2D eigenvalue weighted by atomic mass is 35.5. The summed E-state index contributed by atoms with van der Waals surface area (Å²) in [6.45, 7) is 2.08. The summed E-state index contributed by atoms with van der Waals surface area (Å²) in [6, 6.07) is 12.1. The summed E-state index contributed by atoms with van der Waals surface area (Å²) >= 11 is 11.9. The Balaban J connectivity index is 1.56. The zero-order chi connectivity index (χ0) is 23.3. The maximum atomic E-state index is 12.7. The molecule has 10 heteroatoms. The molecule has 0 saturated heterocycles. The van der Waals surface area contributed by atoms with Crippen molar-refractivity contribution in [2.45, 2.75) is 11.4 Å². The third-order valence-electron chi connectivity index (χ3n) is 4.90. The number of aliphatic imine (C=N–C) groups is 1. The lowest BCUT2D eigenvalue weighted by Crippen LogP contribution is -2.28. The number of nitrogens with one attached hydrogen (secondary N) is 1. The first kappa shape index (κ1) is 24.3. The van der Waals surface area contributed by atoms with Crippen molar-refractivity contribution in [3.05, 3.63) is 75.8 Å². The Morgan fingerprint density at radius 2 is 1.88 bits per heavy atom. The standard InChI is InChI=1S/C22H24Cl2N4O3S/c1-27(15-16-5-7-17(8-6-16)22-25-11-12-26-22)21(29)4-3-13-28(2)32(30,31)20-10-9-18(23)14-19(20)24/h3-10,14H,11-13,15H2,1-2H3,(H,25,26). The van der Waals surface area contributed by atoms with Crippen molar-refractivity contribution < 1.29 is 13.2 Å². The van der Waals surface area contributed by atoms with E-state index < -0.39 is 10.0 Å². The van der Waals surface area contributed by atoms with E-state index in [1.807, 2.05) is 24.3 Å². The SMILES string of the molecule is CN(Cc1ccc(C2=NCCN2)cc1)C(=O)C=CCN(C)S(=O)(=O)c1ccc(Cl)cc1Cl. The summed E-state index contributed by atoms with van der Waals surface area (Å²) in [7, 11) is -0.700. The molecule has 0 bridgehead atoms. The van der Waals surface area contributed by atoms with Crippen LogP contribution in [0.1, 0.15) is 11.1 Å². The Bertz CT molecular complexity index is 1150. The van der Waals surface area contributed by atoms with E-state index in [0.717, 1.165) is 34.4 Å². The number of amidine groups is 1. The van der Waals surface area contributed by atoms with Gasteiger partial charge in [-0.25, -0.2) is 8.42 Å². The number of likely N-dealkylation sites (N-methyl/N-ethyl adjacent to an activating group) is 2. The predicted octanol–water partition coefficient (Wildman–Crippen LogP) is 3.18. The van der Waals surface area contributed by atoms with Gasteiger partial charge in [-0.1, -0.05) is 53.5 Å². The van der Waals surface area contributed by atoms with E-state index in [1.54, 1.807) is 11.9 Å². The van der Waals surface area contributed by atoms with Gasteiger partial charge in [0.25, 0.3) is 0 Å². The molecule has 0 unspecified atom stereocenters. The maximum absolute atomic E-state index is 12.7. The van der Waals surface area contributed by atoms with Crippen molar-refractivity contribution >= 4 is 45.0 Å². The maximum Gasteiger partial charge on any atom is 0.246 e. The third kappa shape index (κ3) is 5.89. The van der Waals surface area contributed by atoms with E-state index in [9.17, 15) is 13.2 Å². The molecule has 170 valence electrons. The molecule has 1 amide bonds. The molecule has 0 fully saturated rings. The van der Waals surface area contributed by atoms with Crippen molar-refractivity contribution in [2.75, 3.05) is 33.7 Å². The van der Waals surface area contributed by atoms with E-state index in [1.165, 1.54) is 37.4 Å². The Kier molecular flexibility index (Phi) is 7.95. The number of amides is 1. The highest BCUT2D eigenvalue weighted by molar-refractivity contribution is 7.89. The third-order valence-corrected chi connectivity index (χ3v) is 7.44.